The molecule has 0 heterocycles. The topological polar surface area (TPSA) is 84.9 Å². The Morgan fingerprint density at radius 3 is 2.26 bits per heavy atom. The Labute approximate surface area is 207 Å². The van der Waals surface area contributed by atoms with E-state index in [1.54, 1.807) is 24.3 Å². The lowest BCUT2D eigenvalue weighted by atomic mass is 10.1. The van der Waals surface area contributed by atoms with Crippen molar-refractivity contribution in [1.29, 1.82) is 0 Å². The van der Waals surface area contributed by atoms with Crippen molar-refractivity contribution in [1.82, 2.24) is 0 Å². The van der Waals surface area contributed by atoms with Gasteiger partial charge in [0.1, 0.15) is 23.9 Å². The molecule has 0 spiro atoms. The Hall–Kier alpha value is -4.29. The van der Waals surface area contributed by atoms with Gasteiger partial charge < -0.3 is 19.9 Å². The molecule has 1 amide bonds. The van der Waals surface area contributed by atoms with Crippen LogP contribution >= 0.6 is 11.6 Å². The fourth-order valence-corrected chi connectivity index (χ4v) is 3.53. The number of amides is 1. The molecule has 35 heavy (non-hydrogen) atoms. The van der Waals surface area contributed by atoms with Gasteiger partial charge in [-0.15, -0.1) is 0 Å². The number of hydrogen-bond donors (Lipinski definition) is 2. The van der Waals surface area contributed by atoms with E-state index in [0.29, 0.717) is 23.9 Å². The smallest absolute Gasteiger partial charge is 0.337 e. The van der Waals surface area contributed by atoms with Crippen molar-refractivity contribution in [3.63, 3.8) is 0 Å². The number of nitrogens with one attached hydrogen (secondary N) is 1. The molecule has 0 aliphatic rings. The van der Waals surface area contributed by atoms with E-state index in [1.807, 2.05) is 54.6 Å². The number of anilines is 1. The monoisotopic (exact) mass is 487 g/mol. The highest BCUT2D eigenvalue weighted by Crippen LogP contribution is 2.26. The van der Waals surface area contributed by atoms with Crippen molar-refractivity contribution in [2.24, 2.45) is 0 Å². The number of carboxylic acid groups (broad SMARTS) is 1. The van der Waals surface area contributed by atoms with Crippen LogP contribution in [0.2, 0.25) is 5.02 Å². The Balaban J connectivity index is 1.34. The predicted octanol–water partition coefficient (Wildman–Crippen LogP) is 6.59. The zero-order chi connectivity index (χ0) is 24.6. The van der Waals surface area contributed by atoms with Crippen molar-refractivity contribution >= 4 is 29.2 Å². The maximum atomic E-state index is 12.4. The summed E-state index contributed by atoms with van der Waals surface area (Å²) in [5.41, 5.74) is 1.96. The molecule has 0 atom stereocenters. The van der Waals surface area contributed by atoms with E-state index in [4.69, 9.17) is 21.1 Å². The van der Waals surface area contributed by atoms with Crippen LogP contribution in [-0.2, 0) is 17.8 Å². The summed E-state index contributed by atoms with van der Waals surface area (Å²) in [4.78, 5) is 23.8. The van der Waals surface area contributed by atoms with Crippen LogP contribution in [0.4, 0.5) is 5.69 Å². The molecule has 6 nitrogen and oxygen atoms in total. The number of hydrogen-bond acceptors (Lipinski definition) is 4. The molecular weight excluding hydrogens is 466 g/mol. The molecule has 7 heteroatoms. The number of carbonyl (C=O) groups is 2. The third kappa shape index (κ3) is 6.85. The van der Waals surface area contributed by atoms with Gasteiger partial charge >= 0.3 is 5.97 Å². The summed E-state index contributed by atoms with van der Waals surface area (Å²) in [6, 6.07) is 28.7. The van der Waals surface area contributed by atoms with Crippen LogP contribution in [0.15, 0.2) is 97.1 Å². The molecular formula is C28H22ClNO5. The minimum Gasteiger partial charge on any atom is -0.489 e. The lowest BCUT2D eigenvalue weighted by molar-refractivity contribution is -0.115. The molecule has 0 saturated heterocycles. The van der Waals surface area contributed by atoms with E-state index in [-0.39, 0.29) is 28.6 Å². The molecule has 0 radical (unpaired) electrons. The second kappa shape index (κ2) is 11.2. The van der Waals surface area contributed by atoms with Gasteiger partial charge in [0.25, 0.3) is 0 Å². The highest BCUT2D eigenvalue weighted by molar-refractivity contribution is 6.31. The Morgan fingerprint density at radius 2 is 1.51 bits per heavy atom. The first-order valence-electron chi connectivity index (χ1n) is 10.8. The summed E-state index contributed by atoms with van der Waals surface area (Å²) >= 11 is 5.85. The van der Waals surface area contributed by atoms with E-state index >= 15 is 0 Å². The first kappa shape index (κ1) is 23.9. The quantitative estimate of drug-likeness (QED) is 0.278. The normalized spacial score (nSPS) is 10.4. The Morgan fingerprint density at radius 1 is 0.771 bits per heavy atom. The fraction of sp³-hybridized carbons (Fsp3) is 0.0714. The predicted molar refractivity (Wildman–Crippen MR) is 134 cm³/mol. The molecule has 4 rings (SSSR count). The zero-order valence-corrected chi connectivity index (χ0v) is 19.4. The number of rotatable bonds is 9. The van der Waals surface area contributed by atoms with Gasteiger partial charge in [-0.25, -0.2) is 4.79 Å². The van der Waals surface area contributed by atoms with E-state index in [1.165, 1.54) is 18.2 Å². The summed E-state index contributed by atoms with van der Waals surface area (Å²) in [7, 11) is 0. The maximum absolute atomic E-state index is 12.4. The SMILES string of the molecule is O=C(Cc1ccc(Oc2cccc(OCc3ccccc3)c2)cc1)Nc1ccc(Cl)cc1C(=O)O. The molecule has 0 bridgehead atoms. The summed E-state index contributed by atoms with van der Waals surface area (Å²) in [5, 5.41) is 12.2. The summed E-state index contributed by atoms with van der Waals surface area (Å²) in [6.45, 7) is 0.463. The summed E-state index contributed by atoms with van der Waals surface area (Å²) < 4.78 is 11.8. The molecule has 4 aromatic rings. The Kier molecular flexibility index (Phi) is 7.65. The molecule has 4 aromatic carbocycles. The molecule has 0 aliphatic carbocycles. The Bertz CT molecular complexity index is 1320. The lowest BCUT2D eigenvalue weighted by Gasteiger charge is -2.11. The zero-order valence-electron chi connectivity index (χ0n) is 18.6. The average Bonchev–Trinajstić information content (AvgIpc) is 2.86. The molecule has 0 unspecified atom stereocenters. The second-order valence-electron chi connectivity index (χ2n) is 7.72. The van der Waals surface area contributed by atoms with E-state index in [9.17, 15) is 14.7 Å². The number of halogens is 1. The highest BCUT2D eigenvalue weighted by atomic mass is 35.5. The molecule has 0 aromatic heterocycles. The first-order valence-corrected chi connectivity index (χ1v) is 11.2. The van der Waals surface area contributed by atoms with Gasteiger partial charge in [-0.3, -0.25) is 4.79 Å². The highest BCUT2D eigenvalue weighted by Gasteiger charge is 2.13. The van der Waals surface area contributed by atoms with E-state index < -0.39 is 5.97 Å². The minimum absolute atomic E-state index is 0.0652. The lowest BCUT2D eigenvalue weighted by Crippen LogP contribution is -2.16. The minimum atomic E-state index is -1.17. The summed E-state index contributed by atoms with van der Waals surface area (Å²) in [6.07, 6.45) is 0.0742. The van der Waals surface area contributed by atoms with Crippen LogP contribution in [0.25, 0.3) is 0 Å². The molecule has 0 saturated carbocycles. The van der Waals surface area contributed by atoms with Gasteiger partial charge in [0.2, 0.25) is 5.91 Å². The van der Waals surface area contributed by atoms with Crippen molar-refractivity contribution < 1.29 is 24.2 Å². The number of aromatic carboxylic acids is 1. The van der Waals surface area contributed by atoms with Crippen LogP contribution in [0.1, 0.15) is 21.5 Å². The average molecular weight is 488 g/mol. The van der Waals surface area contributed by atoms with Crippen LogP contribution in [0, 0.1) is 0 Å². The van der Waals surface area contributed by atoms with Gasteiger partial charge in [0.05, 0.1) is 17.7 Å². The second-order valence-corrected chi connectivity index (χ2v) is 8.15. The van der Waals surface area contributed by atoms with Gasteiger partial charge in [-0.2, -0.15) is 0 Å². The van der Waals surface area contributed by atoms with Gasteiger partial charge in [0, 0.05) is 11.1 Å². The van der Waals surface area contributed by atoms with Gasteiger partial charge in [-0.1, -0.05) is 60.1 Å². The van der Waals surface area contributed by atoms with E-state index in [2.05, 4.69) is 5.32 Å². The molecule has 2 N–H and O–H groups in total. The molecule has 176 valence electrons. The third-order valence-corrected chi connectivity index (χ3v) is 5.30. The third-order valence-electron chi connectivity index (χ3n) is 5.06. The largest absolute Gasteiger partial charge is 0.489 e. The van der Waals surface area contributed by atoms with Gasteiger partial charge in [0.15, 0.2) is 0 Å². The van der Waals surface area contributed by atoms with Crippen LogP contribution in [0.5, 0.6) is 17.2 Å². The van der Waals surface area contributed by atoms with Crippen LogP contribution < -0.4 is 14.8 Å². The number of ether oxygens (including phenoxy) is 2. The standard InChI is InChI=1S/C28H22ClNO5/c29-21-11-14-26(25(16-21)28(32)33)30-27(31)15-19-9-12-22(13-10-19)35-24-8-4-7-23(17-24)34-18-20-5-2-1-3-6-20/h1-14,16-17H,15,18H2,(H,30,31)(H,32,33). The van der Waals surface area contributed by atoms with Gasteiger partial charge in [-0.05, 0) is 53.6 Å². The summed E-state index contributed by atoms with van der Waals surface area (Å²) in [5.74, 6) is 0.429. The fourth-order valence-electron chi connectivity index (χ4n) is 3.36. The number of benzene rings is 4. The van der Waals surface area contributed by atoms with Crippen LogP contribution in [0.3, 0.4) is 0 Å². The number of carbonyl (C=O) groups excluding carboxylic acids is 1. The van der Waals surface area contributed by atoms with E-state index in [0.717, 1.165) is 11.1 Å². The van der Waals surface area contributed by atoms with Crippen molar-refractivity contribution in [3.8, 4) is 17.2 Å². The van der Waals surface area contributed by atoms with Crippen molar-refractivity contribution in [3.05, 3.63) is 119 Å². The number of carboxylic acids is 1. The van der Waals surface area contributed by atoms with Crippen LogP contribution in [-0.4, -0.2) is 17.0 Å². The maximum Gasteiger partial charge on any atom is 0.337 e. The van der Waals surface area contributed by atoms with Crippen molar-refractivity contribution in [2.45, 2.75) is 13.0 Å². The molecule has 0 fully saturated rings. The van der Waals surface area contributed by atoms with Crippen molar-refractivity contribution in [2.75, 3.05) is 5.32 Å². The molecule has 0 aliphatic heterocycles. The first-order chi connectivity index (χ1) is 17.0.